The van der Waals surface area contributed by atoms with Crippen LogP contribution >= 0.6 is 0 Å². The monoisotopic (exact) mass is 265 g/mol. The van der Waals surface area contributed by atoms with Crippen molar-refractivity contribution in [2.75, 3.05) is 6.54 Å². The molecule has 1 aromatic carbocycles. The molecule has 3 N–H and O–H groups in total. The first-order chi connectivity index (χ1) is 8.91. The van der Waals surface area contributed by atoms with Gasteiger partial charge in [0.25, 0.3) is 0 Å². The number of nitrogens with one attached hydrogen (secondary N) is 1. The summed E-state index contributed by atoms with van der Waals surface area (Å²) in [6, 6.07) is 9.50. The quantitative estimate of drug-likeness (QED) is 0.648. The van der Waals surface area contributed by atoms with Gasteiger partial charge in [0.05, 0.1) is 0 Å². The van der Waals surface area contributed by atoms with Crippen LogP contribution in [0.3, 0.4) is 0 Å². The van der Waals surface area contributed by atoms with E-state index in [4.69, 9.17) is 0 Å². The third-order valence-corrected chi connectivity index (χ3v) is 3.20. The van der Waals surface area contributed by atoms with Crippen LogP contribution in [0.4, 0.5) is 0 Å². The Morgan fingerprint density at radius 3 is 2.11 bits per heavy atom. The summed E-state index contributed by atoms with van der Waals surface area (Å²) in [5, 5.41) is 21.1. The Morgan fingerprint density at radius 1 is 1.16 bits per heavy atom. The zero-order valence-electron chi connectivity index (χ0n) is 11.1. The van der Waals surface area contributed by atoms with Gasteiger partial charge in [-0.15, -0.1) is 0 Å². The lowest BCUT2D eigenvalue weighted by atomic mass is 9.86. The molecule has 0 aliphatic carbocycles. The molecule has 1 rings (SSSR count). The first-order valence-electron chi connectivity index (χ1n) is 6.17. The lowest BCUT2D eigenvalue weighted by molar-refractivity contribution is -0.161. The molecule has 0 amide bonds. The molecular formula is C14H19NO4. The third kappa shape index (κ3) is 3.32. The molecule has 0 aliphatic rings. The van der Waals surface area contributed by atoms with E-state index in [1.165, 1.54) is 0 Å². The summed E-state index contributed by atoms with van der Waals surface area (Å²) in [6.07, 6.45) is 0.579. The second-order valence-corrected chi connectivity index (χ2v) is 4.74. The molecule has 0 radical (unpaired) electrons. The molecule has 104 valence electrons. The summed E-state index contributed by atoms with van der Waals surface area (Å²) in [5.74, 6) is -3.27. The molecule has 19 heavy (non-hydrogen) atoms. The minimum atomic E-state index is -1.94. The third-order valence-electron chi connectivity index (χ3n) is 3.20. The maximum absolute atomic E-state index is 11.3. The second kappa shape index (κ2) is 6.33. The van der Waals surface area contributed by atoms with Crippen molar-refractivity contribution in [1.29, 1.82) is 0 Å². The number of carbonyl (C=O) groups is 2. The first kappa shape index (κ1) is 15.2. The predicted molar refractivity (Wildman–Crippen MR) is 71.0 cm³/mol. The molecule has 0 heterocycles. The Kier molecular flexibility index (Phi) is 5.06. The van der Waals surface area contributed by atoms with Crippen LogP contribution in [0.5, 0.6) is 0 Å². The lowest BCUT2D eigenvalue weighted by Gasteiger charge is -2.30. The van der Waals surface area contributed by atoms with Crippen LogP contribution in [-0.4, -0.2) is 34.2 Å². The largest absolute Gasteiger partial charge is 0.479 e. The van der Waals surface area contributed by atoms with Crippen LogP contribution in [0.1, 0.15) is 19.4 Å². The maximum Gasteiger partial charge on any atom is 0.335 e. The summed E-state index contributed by atoms with van der Waals surface area (Å²) >= 11 is 0. The lowest BCUT2D eigenvalue weighted by Crippen LogP contribution is -2.62. The van der Waals surface area contributed by atoms with E-state index in [2.05, 4.69) is 5.32 Å². The topological polar surface area (TPSA) is 86.6 Å². The highest BCUT2D eigenvalue weighted by Crippen LogP contribution is 2.18. The molecule has 0 aliphatic heterocycles. The highest BCUT2D eigenvalue weighted by Gasteiger charge is 2.49. The summed E-state index contributed by atoms with van der Waals surface area (Å²) in [4.78, 5) is 22.6. The van der Waals surface area contributed by atoms with E-state index in [9.17, 15) is 19.8 Å². The maximum atomic E-state index is 11.3. The first-order valence-corrected chi connectivity index (χ1v) is 6.17. The molecule has 5 heteroatoms. The molecule has 0 fully saturated rings. The van der Waals surface area contributed by atoms with Crippen LogP contribution in [0.15, 0.2) is 30.3 Å². The smallest absolute Gasteiger partial charge is 0.335 e. The van der Waals surface area contributed by atoms with Gasteiger partial charge >= 0.3 is 11.9 Å². The average molecular weight is 265 g/mol. The number of benzene rings is 1. The molecule has 0 unspecified atom stereocenters. The summed E-state index contributed by atoms with van der Waals surface area (Å²) in [7, 11) is 0. The van der Waals surface area contributed by atoms with Gasteiger partial charge in [0.1, 0.15) is 0 Å². The number of aliphatic carboxylic acids is 2. The van der Waals surface area contributed by atoms with E-state index < -0.39 is 23.4 Å². The fraction of sp³-hybridized carbons (Fsp3) is 0.429. The normalized spacial score (nSPS) is 11.5. The van der Waals surface area contributed by atoms with Gasteiger partial charge in [-0.05, 0) is 17.9 Å². The Morgan fingerprint density at radius 2 is 1.68 bits per heavy atom. The van der Waals surface area contributed by atoms with E-state index >= 15 is 0 Å². The zero-order chi connectivity index (χ0) is 14.5. The highest BCUT2D eigenvalue weighted by atomic mass is 16.4. The van der Waals surface area contributed by atoms with Crippen LogP contribution < -0.4 is 5.32 Å². The van der Waals surface area contributed by atoms with Crippen LogP contribution in [0, 0.1) is 5.92 Å². The fourth-order valence-corrected chi connectivity index (χ4v) is 1.99. The Hall–Kier alpha value is -1.88. The van der Waals surface area contributed by atoms with E-state index in [0.717, 1.165) is 5.56 Å². The van der Waals surface area contributed by atoms with Gasteiger partial charge < -0.3 is 10.2 Å². The Labute approximate surface area is 112 Å². The molecule has 0 spiro atoms. The van der Waals surface area contributed by atoms with E-state index in [0.29, 0.717) is 13.0 Å². The highest BCUT2D eigenvalue weighted by molar-refractivity contribution is 6.03. The van der Waals surface area contributed by atoms with Crippen molar-refractivity contribution in [2.24, 2.45) is 5.92 Å². The average Bonchev–Trinajstić information content (AvgIpc) is 2.34. The fourth-order valence-electron chi connectivity index (χ4n) is 1.99. The molecule has 0 saturated carbocycles. The molecule has 5 nitrogen and oxygen atoms in total. The molecule has 0 aromatic heterocycles. The van der Waals surface area contributed by atoms with E-state index in [1.54, 1.807) is 13.8 Å². The standard InChI is InChI=1S/C14H19NO4/c1-10(2)14(12(16)17,13(18)19)15-9-8-11-6-4-3-5-7-11/h3-7,10,15H,8-9H2,1-2H3,(H,16,17)(H,18,19). The molecule has 0 bridgehead atoms. The van der Waals surface area contributed by atoms with Gasteiger partial charge in [0.2, 0.25) is 5.54 Å². The van der Waals surface area contributed by atoms with Crippen molar-refractivity contribution in [3.63, 3.8) is 0 Å². The van der Waals surface area contributed by atoms with Crippen molar-refractivity contribution < 1.29 is 19.8 Å². The molecule has 0 atom stereocenters. The van der Waals surface area contributed by atoms with Crippen molar-refractivity contribution in [1.82, 2.24) is 5.32 Å². The van der Waals surface area contributed by atoms with Gasteiger partial charge in [0.15, 0.2) is 0 Å². The zero-order valence-corrected chi connectivity index (χ0v) is 11.1. The molecule has 1 aromatic rings. The Bertz CT molecular complexity index is 428. The van der Waals surface area contributed by atoms with Crippen molar-refractivity contribution in [3.05, 3.63) is 35.9 Å². The number of carboxylic acid groups (broad SMARTS) is 2. The van der Waals surface area contributed by atoms with E-state index in [-0.39, 0.29) is 0 Å². The summed E-state index contributed by atoms with van der Waals surface area (Å²) < 4.78 is 0. The molecular weight excluding hydrogens is 246 g/mol. The summed E-state index contributed by atoms with van der Waals surface area (Å²) in [6.45, 7) is 3.45. The number of rotatable bonds is 7. The summed E-state index contributed by atoms with van der Waals surface area (Å²) in [5.41, 5.74) is -0.905. The van der Waals surface area contributed by atoms with Gasteiger partial charge in [-0.3, -0.25) is 5.32 Å². The second-order valence-electron chi connectivity index (χ2n) is 4.74. The van der Waals surface area contributed by atoms with Crippen molar-refractivity contribution in [3.8, 4) is 0 Å². The van der Waals surface area contributed by atoms with Gasteiger partial charge in [-0.1, -0.05) is 44.2 Å². The minimum absolute atomic E-state index is 0.292. The predicted octanol–water partition coefficient (Wildman–Crippen LogP) is 1.38. The molecule has 0 saturated heterocycles. The number of carboxylic acids is 2. The van der Waals surface area contributed by atoms with Gasteiger partial charge in [-0.2, -0.15) is 0 Å². The number of hydrogen-bond donors (Lipinski definition) is 3. The number of hydrogen-bond acceptors (Lipinski definition) is 3. The Balaban J connectivity index is 2.74. The van der Waals surface area contributed by atoms with Crippen LogP contribution in [-0.2, 0) is 16.0 Å². The SMILES string of the molecule is CC(C)C(NCCc1ccccc1)(C(=O)O)C(=O)O. The van der Waals surface area contributed by atoms with Crippen molar-refractivity contribution >= 4 is 11.9 Å². The van der Waals surface area contributed by atoms with Crippen molar-refractivity contribution in [2.45, 2.75) is 25.8 Å². The van der Waals surface area contributed by atoms with E-state index in [1.807, 2.05) is 30.3 Å². The van der Waals surface area contributed by atoms with Crippen LogP contribution in [0.25, 0.3) is 0 Å². The van der Waals surface area contributed by atoms with Gasteiger partial charge in [0, 0.05) is 6.54 Å². The minimum Gasteiger partial charge on any atom is -0.479 e. The van der Waals surface area contributed by atoms with Gasteiger partial charge in [-0.25, -0.2) is 9.59 Å². The van der Waals surface area contributed by atoms with Crippen LogP contribution in [0.2, 0.25) is 0 Å².